The predicted octanol–water partition coefficient (Wildman–Crippen LogP) is 2.39. The fourth-order valence-corrected chi connectivity index (χ4v) is 1.72. The number of ether oxygens (including phenoxy) is 2. The Balaban J connectivity index is 2.53. The first-order valence-corrected chi connectivity index (χ1v) is 6.55. The lowest BCUT2D eigenvalue weighted by molar-refractivity contribution is -0.385. The lowest BCUT2D eigenvalue weighted by Gasteiger charge is -2.15. The van der Waals surface area contributed by atoms with Crippen molar-refractivity contribution in [2.24, 2.45) is 5.73 Å². The SMILES string of the molecule is COc1ccc([N+](=O)[O-])cc1OCCCCC(C)(N)C#N. The Labute approximate surface area is 123 Å². The predicted molar refractivity (Wildman–Crippen MR) is 77.2 cm³/mol. The molecule has 0 heterocycles. The van der Waals surface area contributed by atoms with Crippen LogP contribution in [0.15, 0.2) is 18.2 Å². The number of rotatable bonds is 8. The highest BCUT2D eigenvalue weighted by atomic mass is 16.6. The van der Waals surface area contributed by atoms with Crippen LogP contribution in [-0.2, 0) is 0 Å². The number of nitro benzene ring substituents is 1. The van der Waals surface area contributed by atoms with Crippen molar-refractivity contribution >= 4 is 5.69 Å². The first-order valence-electron chi connectivity index (χ1n) is 6.55. The van der Waals surface area contributed by atoms with Gasteiger partial charge < -0.3 is 15.2 Å². The Kier molecular flexibility index (Phi) is 5.93. The molecule has 0 aromatic heterocycles. The lowest BCUT2D eigenvalue weighted by atomic mass is 9.98. The molecule has 0 saturated carbocycles. The zero-order valence-electron chi connectivity index (χ0n) is 12.2. The zero-order valence-corrected chi connectivity index (χ0v) is 12.2. The van der Waals surface area contributed by atoms with E-state index in [1.165, 1.54) is 25.3 Å². The second-order valence-electron chi connectivity index (χ2n) is 4.93. The summed E-state index contributed by atoms with van der Waals surface area (Å²) in [6, 6.07) is 6.22. The van der Waals surface area contributed by atoms with Gasteiger partial charge in [-0.25, -0.2) is 0 Å². The molecule has 0 aliphatic heterocycles. The molecule has 1 unspecified atom stereocenters. The van der Waals surface area contributed by atoms with Crippen molar-refractivity contribution in [1.29, 1.82) is 5.26 Å². The fraction of sp³-hybridized carbons (Fsp3) is 0.500. The molecule has 0 radical (unpaired) electrons. The van der Waals surface area contributed by atoms with Gasteiger partial charge in [0.25, 0.3) is 5.69 Å². The van der Waals surface area contributed by atoms with Gasteiger partial charge in [0.1, 0.15) is 5.54 Å². The summed E-state index contributed by atoms with van der Waals surface area (Å²) in [6.45, 7) is 2.05. The average molecular weight is 293 g/mol. The third kappa shape index (κ3) is 5.28. The van der Waals surface area contributed by atoms with Gasteiger partial charge in [-0.1, -0.05) is 0 Å². The minimum Gasteiger partial charge on any atom is -0.493 e. The van der Waals surface area contributed by atoms with E-state index in [1.807, 2.05) is 6.07 Å². The number of hydrogen-bond donors (Lipinski definition) is 1. The van der Waals surface area contributed by atoms with Crippen LogP contribution in [0.3, 0.4) is 0 Å². The summed E-state index contributed by atoms with van der Waals surface area (Å²) in [5.41, 5.74) is 4.83. The second-order valence-corrected chi connectivity index (χ2v) is 4.93. The van der Waals surface area contributed by atoms with Crippen LogP contribution in [0.5, 0.6) is 11.5 Å². The van der Waals surface area contributed by atoms with Gasteiger partial charge in [-0.05, 0) is 32.3 Å². The number of nitrogens with two attached hydrogens (primary N) is 1. The number of non-ortho nitro benzene ring substituents is 1. The smallest absolute Gasteiger partial charge is 0.273 e. The normalized spacial score (nSPS) is 13.0. The largest absolute Gasteiger partial charge is 0.493 e. The summed E-state index contributed by atoms with van der Waals surface area (Å²) in [6.07, 6.45) is 2.00. The molecule has 0 aliphatic carbocycles. The summed E-state index contributed by atoms with van der Waals surface area (Å²) >= 11 is 0. The van der Waals surface area contributed by atoms with Crippen LogP contribution in [-0.4, -0.2) is 24.2 Å². The molecular weight excluding hydrogens is 274 g/mol. The third-order valence-electron chi connectivity index (χ3n) is 2.96. The van der Waals surface area contributed by atoms with Gasteiger partial charge in [0.15, 0.2) is 11.5 Å². The maximum absolute atomic E-state index is 10.7. The standard InChI is InChI=1S/C14H19N3O4/c1-14(16,10-15)7-3-4-8-21-13-9-11(17(18)19)5-6-12(13)20-2/h5-6,9H,3-4,7-8,16H2,1-2H3. The summed E-state index contributed by atoms with van der Waals surface area (Å²) in [5.74, 6) is 0.781. The Hall–Kier alpha value is -2.33. The van der Waals surface area contributed by atoms with E-state index in [0.717, 1.165) is 6.42 Å². The highest BCUT2D eigenvalue weighted by molar-refractivity contribution is 5.48. The average Bonchev–Trinajstić information content (AvgIpc) is 2.46. The minimum atomic E-state index is -0.830. The number of nitriles is 1. The first-order chi connectivity index (χ1) is 9.89. The molecule has 0 spiro atoms. The molecule has 0 bridgehead atoms. The third-order valence-corrected chi connectivity index (χ3v) is 2.96. The molecule has 1 rings (SSSR count). The number of nitrogens with zero attached hydrogens (tertiary/aromatic N) is 2. The number of nitro groups is 1. The highest BCUT2D eigenvalue weighted by Gasteiger charge is 2.16. The maximum Gasteiger partial charge on any atom is 0.273 e. The van der Waals surface area contributed by atoms with E-state index >= 15 is 0 Å². The van der Waals surface area contributed by atoms with Gasteiger partial charge in [0, 0.05) is 6.07 Å². The van der Waals surface area contributed by atoms with Crippen molar-refractivity contribution in [2.45, 2.75) is 31.7 Å². The van der Waals surface area contributed by atoms with E-state index < -0.39 is 10.5 Å². The molecule has 7 nitrogen and oxygen atoms in total. The van der Waals surface area contributed by atoms with Gasteiger partial charge in [-0.15, -0.1) is 0 Å². The Morgan fingerprint density at radius 1 is 1.43 bits per heavy atom. The summed E-state index contributed by atoms with van der Waals surface area (Å²) < 4.78 is 10.6. The summed E-state index contributed by atoms with van der Waals surface area (Å²) in [7, 11) is 1.47. The van der Waals surface area contributed by atoms with E-state index in [2.05, 4.69) is 0 Å². The Bertz CT molecular complexity index is 538. The number of unbranched alkanes of at least 4 members (excludes halogenated alkanes) is 1. The van der Waals surface area contributed by atoms with Gasteiger partial charge in [0.05, 0.1) is 30.8 Å². The van der Waals surface area contributed by atoms with Crippen molar-refractivity contribution in [3.8, 4) is 17.6 Å². The van der Waals surface area contributed by atoms with Crippen molar-refractivity contribution < 1.29 is 14.4 Å². The summed E-state index contributed by atoms with van der Waals surface area (Å²) in [5, 5.41) is 19.5. The Morgan fingerprint density at radius 3 is 2.71 bits per heavy atom. The molecule has 2 N–H and O–H groups in total. The molecule has 1 aromatic carbocycles. The van der Waals surface area contributed by atoms with E-state index in [1.54, 1.807) is 6.92 Å². The van der Waals surface area contributed by atoms with Gasteiger partial charge in [0.2, 0.25) is 0 Å². The topological polar surface area (TPSA) is 111 Å². The second kappa shape index (κ2) is 7.45. The van der Waals surface area contributed by atoms with Crippen LogP contribution in [0.1, 0.15) is 26.2 Å². The van der Waals surface area contributed by atoms with Crippen LogP contribution in [0, 0.1) is 21.4 Å². The Morgan fingerprint density at radius 2 is 2.14 bits per heavy atom. The maximum atomic E-state index is 10.7. The molecule has 0 saturated heterocycles. The molecule has 0 aliphatic rings. The van der Waals surface area contributed by atoms with Gasteiger partial charge in [-0.3, -0.25) is 10.1 Å². The van der Waals surface area contributed by atoms with Crippen LogP contribution in [0.2, 0.25) is 0 Å². The molecule has 0 fully saturated rings. The van der Waals surface area contributed by atoms with Crippen LogP contribution < -0.4 is 15.2 Å². The van der Waals surface area contributed by atoms with Gasteiger partial charge in [-0.2, -0.15) is 5.26 Å². The number of benzene rings is 1. The molecular formula is C14H19N3O4. The molecule has 0 amide bonds. The van der Waals surface area contributed by atoms with E-state index in [-0.39, 0.29) is 5.69 Å². The quantitative estimate of drug-likeness (QED) is 0.447. The molecule has 1 atom stereocenters. The van der Waals surface area contributed by atoms with E-state index in [0.29, 0.717) is 30.9 Å². The molecule has 7 heteroatoms. The van der Waals surface area contributed by atoms with E-state index in [4.69, 9.17) is 20.5 Å². The van der Waals surface area contributed by atoms with Crippen molar-refractivity contribution in [3.63, 3.8) is 0 Å². The minimum absolute atomic E-state index is 0.0511. The summed E-state index contributed by atoms with van der Waals surface area (Å²) in [4.78, 5) is 10.3. The van der Waals surface area contributed by atoms with Crippen molar-refractivity contribution in [2.75, 3.05) is 13.7 Å². The van der Waals surface area contributed by atoms with E-state index in [9.17, 15) is 10.1 Å². The number of methoxy groups -OCH3 is 1. The highest BCUT2D eigenvalue weighted by Crippen LogP contribution is 2.31. The monoisotopic (exact) mass is 293 g/mol. The number of hydrogen-bond acceptors (Lipinski definition) is 6. The van der Waals surface area contributed by atoms with Crippen LogP contribution >= 0.6 is 0 Å². The van der Waals surface area contributed by atoms with Crippen LogP contribution in [0.4, 0.5) is 5.69 Å². The lowest BCUT2D eigenvalue weighted by Crippen LogP contribution is -2.33. The van der Waals surface area contributed by atoms with Crippen molar-refractivity contribution in [3.05, 3.63) is 28.3 Å². The molecule has 21 heavy (non-hydrogen) atoms. The van der Waals surface area contributed by atoms with Crippen LogP contribution in [0.25, 0.3) is 0 Å². The first kappa shape index (κ1) is 16.7. The molecule has 1 aromatic rings. The zero-order chi connectivity index (χ0) is 15.9. The van der Waals surface area contributed by atoms with Gasteiger partial charge >= 0.3 is 0 Å². The fourth-order valence-electron chi connectivity index (χ4n) is 1.72. The van der Waals surface area contributed by atoms with Crippen molar-refractivity contribution in [1.82, 2.24) is 0 Å². The molecule has 114 valence electrons.